The maximum absolute atomic E-state index is 8.88. The standard InChI is InChI=1S/C12H10BrN3S/c1-8-12(17-7-16-8)6-15-11-3-9(5-14)2-10(13)4-11/h2-4,7,15H,6H2,1H3. The van der Waals surface area contributed by atoms with Crippen LogP contribution >= 0.6 is 27.3 Å². The van der Waals surface area contributed by atoms with E-state index >= 15 is 0 Å². The highest BCUT2D eigenvalue weighted by Gasteiger charge is 2.02. The van der Waals surface area contributed by atoms with Crippen LogP contribution in [0.2, 0.25) is 0 Å². The van der Waals surface area contributed by atoms with Gasteiger partial charge in [-0.05, 0) is 25.1 Å². The maximum Gasteiger partial charge on any atom is 0.0992 e. The number of thiazole rings is 1. The molecule has 1 aromatic carbocycles. The molecule has 0 radical (unpaired) electrons. The van der Waals surface area contributed by atoms with E-state index in [1.165, 1.54) is 4.88 Å². The molecule has 17 heavy (non-hydrogen) atoms. The number of halogens is 1. The smallest absolute Gasteiger partial charge is 0.0992 e. The summed E-state index contributed by atoms with van der Waals surface area (Å²) in [6.45, 7) is 2.73. The van der Waals surface area contributed by atoms with Crippen LogP contribution in [0.1, 0.15) is 16.1 Å². The Kier molecular flexibility index (Phi) is 3.77. The first kappa shape index (κ1) is 12.1. The predicted octanol–water partition coefficient (Wildman–Crippen LogP) is 3.70. The number of nitriles is 1. The lowest BCUT2D eigenvalue weighted by atomic mass is 10.2. The second-order valence-corrected chi connectivity index (χ2v) is 5.41. The fourth-order valence-corrected chi connectivity index (χ4v) is 2.64. The van der Waals surface area contributed by atoms with Crippen molar-refractivity contribution in [2.45, 2.75) is 13.5 Å². The summed E-state index contributed by atoms with van der Waals surface area (Å²) in [5.74, 6) is 0. The number of hydrogen-bond donors (Lipinski definition) is 1. The van der Waals surface area contributed by atoms with E-state index in [0.29, 0.717) is 5.56 Å². The van der Waals surface area contributed by atoms with Crippen LogP contribution in [0.4, 0.5) is 5.69 Å². The highest BCUT2D eigenvalue weighted by molar-refractivity contribution is 9.10. The Morgan fingerprint density at radius 2 is 2.29 bits per heavy atom. The van der Waals surface area contributed by atoms with E-state index in [2.05, 4.69) is 32.3 Å². The Balaban J connectivity index is 2.12. The van der Waals surface area contributed by atoms with Crippen molar-refractivity contribution in [3.05, 3.63) is 44.3 Å². The quantitative estimate of drug-likeness (QED) is 0.940. The van der Waals surface area contributed by atoms with Gasteiger partial charge < -0.3 is 5.32 Å². The predicted molar refractivity (Wildman–Crippen MR) is 73.0 cm³/mol. The number of rotatable bonds is 3. The molecule has 0 atom stereocenters. The van der Waals surface area contributed by atoms with Crippen LogP contribution in [0.5, 0.6) is 0 Å². The van der Waals surface area contributed by atoms with Gasteiger partial charge in [-0.1, -0.05) is 15.9 Å². The third-order valence-electron chi connectivity index (χ3n) is 2.32. The maximum atomic E-state index is 8.88. The van der Waals surface area contributed by atoms with E-state index in [1.807, 2.05) is 24.6 Å². The van der Waals surface area contributed by atoms with E-state index in [0.717, 1.165) is 22.4 Å². The fourth-order valence-electron chi connectivity index (χ4n) is 1.43. The lowest BCUT2D eigenvalue weighted by molar-refractivity contribution is 1.12. The zero-order chi connectivity index (χ0) is 12.3. The van der Waals surface area contributed by atoms with Gasteiger partial charge in [0.1, 0.15) is 0 Å². The summed E-state index contributed by atoms with van der Waals surface area (Å²) in [5.41, 5.74) is 4.47. The fraction of sp³-hybridized carbons (Fsp3) is 0.167. The van der Waals surface area contributed by atoms with Crippen molar-refractivity contribution in [2.75, 3.05) is 5.32 Å². The Morgan fingerprint density at radius 3 is 2.94 bits per heavy atom. The molecule has 1 aromatic heterocycles. The summed E-state index contributed by atoms with van der Waals surface area (Å²) in [7, 11) is 0. The van der Waals surface area contributed by atoms with Crippen LogP contribution in [-0.4, -0.2) is 4.98 Å². The molecule has 0 aliphatic rings. The van der Waals surface area contributed by atoms with Gasteiger partial charge in [0.2, 0.25) is 0 Å². The van der Waals surface area contributed by atoms with Gasteiger partial charge in [0.15, 0.2) is 0 Å². The average molecular weight is 308 g/mol. The number of aryl methyl sites for hydroxylation is 1. The number of nitrogens with one attached hydrogen (secondary N) is 1. The van der Waals surface area contributed by atoms with Crippen LogP contribution in [0.3, 0.4) is 0 Å². The van der Waals surface area contributed by atoms with Crippen LogP contribution in [0, 0.1) is 18.3 Å². The Morgan fingerprint density at radius 1 is 1.47 bits per heavy atom. The number of aromatic nitrogens is 1. The van der Waals surface area contributed by atoms with Crippen molar-refractivity contribution in [2.24, 2.45) is 0 Å². The lowest BCUT2D eigenvalue weighted by Crippen LogP contribution is -1.99. The highest BCUT2D eigenvalue weighted by atomic mass is 79.9. The molecule has 0 unspecified atom stereocenters. The molecule has 2 aromatic rings. The van der Waals surface area contributed by atoms with Gasteiger partial charge in [-0.2, -0.15) is 5.26 Å². The Hall–Kier alpha value is -1.38. The van der Waals surface area contributed by atoms with Gasteiger partial charge >= 0.3 is 0 Å². The van der Waals surface area contributed by atoms with Crippen molar-refractivity contribution >= 4 is 33.0 Å². The molecule has 1 heterocycles. The van der Waals surface area contributed by atoms with Crippen LogP contribution in [0.15, 0.2) is 28.2 Å². The van der Waals surface area contributed by atoms with Crippen molar-refractivity contribution < 1.29 is 0 Å². The molecule has 1 N–H and O–H groups in total. The molecule has 0 amide bonds. The van der Waals surface area contributed by atoms with Gasteiger partial charge in [-0.15, -0.1) is 11.3 Å². The molecule has 2 rings (SSSR count). The molecule has 0 aliphatic heterocycles. The number of anilines is 1. The van der Waals surface area contributed by atoms with Crippen molar-refractivity contribution in [1.82, 2.24) is 4.98 Å². The van der Waals surface area contributed by atoms with Crippen LogP contribution < -0.4 is 5.32 Å². The first-order valence-corrected chi connectivity index (χ1v) is 6.70. The normalized spacial score (nSPS) is 9.94. The summed E-state index contributed by atoms with van der Waals surface area (Å²) in [6, 6.07) is 7.72. The van der Waals surface area contributed by atoms with Gasteiger partial charge in [-0.25, -0.2) is 4.98 Å². The van der Waals surface area contributed by atoms with Crippen molar-refractivity contribution in [1.29, 1.82) is 5.26 Å². The topological polar surface area (TPSA) is 48.7 Å². The largest absolute Gasteiger partial charge is 0.380 e. The van der Waals surface area contributed by atoms with Gasteiger partial charge in [-0.3, -0.25) is 0 Å². The third-order valence-corrected chi connectivity index (χ3v) is 3.72. The average Bonchev–Trinajstić information content (AvgIpc) is 2.71. The van der Waals surface area contributed by atoms with E-state index in [-0.39, 0.29) is 0 Å². The van der Waals surface area contributed by atoms with Gasteiger partial charge in [0.05, 0.1) is 29.4 Å². The van der Waals surface area contributed by atoms with Crippen molar-refractivity contribution in [3.8, 4) is 6.07 Å². The molecule has 3 nitrogen and oxygen atoms in total. The monoisotopic (exact) mass is 307 g/mol. The van der Waals surface area contributed by atoms with E-state index in [9.17, 15) is 0 Å². The molecule has 0 spiro atoms. The van der Waals surface area contributed by atoms with Gasteiger partial charge in [0, 0.05) is 15.0 Å². The molecule has 0 aliphatic carbocycles. The number of hydrogen-bond acceptors (Lipinski definition) is 4. The molecule has 86 valence electrons. The summed E-state index contributed by atoms with van der Waals surface area (Å²) >= 11 is 5.02. The minimum Gasteiger partial charge on any atom is -0.380 e. The molecule has 0 saturated carbocycles. The summed E-state index contributed by atoms with van der Waals surface area (Å²) in [4.78, 5) is 5.41. The second-order valence-electron chi connectivity index (χ2n) is 3.55. The minimum atomic E-state index is 0.642. The Bertz CT molecular complexity index is 571. The van der Waals surface area contributed by atoms with E-state index in [1.54, 1.807) is 17.4 Å². The third kappa shape index (κ3) is 3.05. The molecule has 0 fully saturated rings. The van der Waals surface area contributed by atoms with E-state index in [4.69, 9.17) is 5.26 Å². The molecule has 5 heteroatoms. The van der Waals surface area contributed by atoms with Crippen molar-refractivity contribution in [3.63, 3.8) is 0 Å². The Labute approximate surface area is 112 Å². The number of benzene rings is 1. The molecule has 0 bridgehead atoms. The molecule has 0 saturated heterocycles. The minimum absolute atomic E-state index is 0.642. The van der Waals surface area contributed by atoms with Gasteiger partial charge in [0.25, 0.3) is 0 Å². The molecular formula is C12H10BrN3S. The molecular weight excluding hydrogens is 298 g/mol. The zero-order valence-corrected chi connectivity index (χ0v) is 11.6. The summed E-state index contributed by atoms with van der Waals surface area (Å²) in [5, 5.41) is 12.2. The van der Waals surface area contributed by atoms with Crippen LogP contribution in [0.25, 0.3) is 0 Å². The van der Waals surface area contributed by atoms with E-state index < -0.39 is 0 Å². The summed E-state index contributed by atoms with van der Waals surface area (Å²) < 4.78 is 0.903. The van der Waals surface area contributed by atoms with Crippen LogP contribution in [-0.2, 0) is 6.54 Å². The summed E-state index contributed by atoms with van der Waals surface area (Å²) in [6.07, 6.45) is 0. The highest BCUT2D eigenvalue weighted by Crippen LogP contribution is 2.21. The first-order valence-electron chi connectivity index (χ1n) is 5.02. The SMILES string of the molecule is Cc1ncsc1CNc1cc(Br)cc(C#N)c1. The lowest BCUT2D eigenvalue weighted by Gasteiger charge is -2.06. The first-order chi connectivity index (χ1) is 8.19. The number of nitrogens with zero attached hydrogens (tertiary/aromatic N) is 2. The zero-order valence-electron chi connectivity index (χ0n) is 9.20. The second kappa shape index (κ2) is 5.30.